The van der Waals surface area contributed by atoms with Gasteiger partial charge in [0.1, 0.15) is 0 Å². The maximum Gasteiger partial charge on any atom is 0.471 e. The van der Waals surface area contributed by atoms with Crippen LogP contribution in [0.2, 0.25) is 0 Å². The van der Waals surface area contributed by atoms with Crippen molar-refractivity contribution >= 4 is 11.6 Å². The molecule has 0 aliphatic heterocycles. The Balaban J connectivity index is 2.44. The van der Waals surface area contributed by atoms with Gasteiger partial charge in [0, 0.05) is 12.2 Å². The van der Waals surface area contributed by atoms with Crippen molar-refractivity contribution in [3.8, 4) is 0 Å². The molecule has 0 unspecified atom stereocenters. The Morgan fingerprint density at radius 3 is 2.62 bits per heavy atom. The van der Waals surface area contributed by atoms with Crippen molar-refractivity contribution in [1.82, 2.24) is 10.2 Å². The van der Waals surface area contributed by atoms with Crippen molar-refractivity contribution in [2.75, 3.05) is 32.5 Å². The zero-order valence-electron chi connectivity index (χ0n) is 12.1. The molecule has 0 fully saturated rings. The van der Waals surface area contributed by atoms with E-state index in [9.17, 15) is 18.0 Å². The molecule has 1 aromatic rings. The highest BCUT2D eigenvalue weighted by Gasteiger charge is 2.38. The maximum absolute atomic E-state index is 12.2. The minimum Gasteiger partial charge on any atom is -0.318 e. The van der Waals surface area contributed by atoms with Gasteiger partial charge in [-0.1, -0.05) is 12.1 Å². The van der Waals surface area contributed by atoms with E-state index in [4.69, 9.17) is 0 Å². The lowest BCUT2D eigenvalue weighted by Gasteiger charge is -2.11. The van der Waals surface area contributed by atoms with Gasteiger partial charge in [0.2, 0.25) is 0 Å². The molecule has 0 atom stereocenters. The van der Waals surface area contributed by atoms with E-state index in [2.05, 4.69) is 10.2 Å². The van der Waals surface area contributed by atoms with E-state index in [1.807, 2.05) is 19.4 Å². The zero-order valence-corrected chi connectivity index (χ0v) is 12.1. The number of benzene rings is 1. The number of carbonyl (C=O) groups is 1. The summed E-state index contributed by atoms with van der Waals surface area (Å²) in [6.07, 6.45) is -3.89. The second-order valence-electron chi connectivity index (χ2n) is 4.99. The van der Waals surface area contributed by atoms with Crippen LogP contribution >= 0.6 is 0 Å². The summed E-state index contributed by atoms with van der Waals surface area (Å²) in [7, 11) is 3.99. The molecule has 21 heavy (non-hydrogen) atoms. The highest BCUT2D eigenvalue weighted by Crippen LogP contribution is 2.18. The molecule has 1 aromatic carbocycles. The number of rotatable bonds is 7. The molecule has 1 amide bonds. The van der Waals surface area contributed by atoms with Crippen LogP contribution in [0, 0.1) is 0 Å². The van der Waals surface area contributed by atoms with Crippen LogP contribution in [0.15, 0.2) is 24.3 Å². The van der Waals surface area contributed by atoms with Crippen LogP contribution < -0.4 is 10.6 Å². The lowest BCUT2D eigenvalue weighted by Crippen LogP contribution is -2.30. The van der Waals surface area contributed by atoms with Crippen molar-refractivity contribution in [3.63, 3.8) is 0 Å². The average Bonchev–Trinajstić information content (AvgIpc) is 2.37. The average molecular weight is 303 g/mol. The fourth-order valence-electron chi connectivity index (χ4n) is 1.71. The maximum atomic E-state index is 12.2. The van der Waals surface area contributed by atoms with Crippen molar-refractivity contribution in [3.05, 3.63) is 29.8 Å². The van der Waals surface area contributed by atoms with Gasteiger partial charge in [0.15, 0.2) is 0 Å². The molecule has 0 aromatic heterocycles. The molecule has 0 aliphatic rings. The van der Waals surface area contributed by atoms with Gasteiger partial charge in [-0.2, -0.15) is 13.2 Å². The van der Waals surface area contributed by atoms with Crippen molar-refractivity contribution in [2.24, 2.45) is 0 Å². The third kappa shape index (κ3) is 7.10. The van der Waals surface area contributed by atoms with Crippen molar-refractivity contribution in [1.29, 1.82) is 0 Å². The first kappa shape index (κ1) is 17.5. The number of amides is 1. The molecule has 0 radical (unpaired) electrons. The van der Waals surface area contributed by atoms with Crippen molar-refractivity contribution in [2.45, 2.75) is 19.1 Å². The highest BCUT2D eigenvalue weighted by atomic mass is 19.4. The monoisotopic (exact) mass is 303 g/mol. The van der Waals surface area contributed by atoms with E-state index in [-0.39, 0.29) is 5.69 Å². The van der Waals surface area contributed by atoms with E-state index in [1.165, 1.54) is 12.1 Å². The Bertz CT molecular complexity index is 461. The van der Waals surface area contributed by atoms with E-state index in [0.717, 1.165) is 25.1 Å². The van der Waals surface area contributed by atoms with E-state index < -0.39 is 12.1 Å². The number of halogens is 3. The van der Waals surface area contributed by atoms with Crippen LogP contribution in [0.3, 0.4) is 0 Å². The highest BCUT2D eigenvalue weighted by molar-refractivity contribution is 5.94. The van der Waals surface area contributed by atoms with Gasteiger partial charge in [0.05, 0.1) is 0 Å². The number of hydrogen-bond donors (Lipinski definition) is 2. The van der Waals surface area contributed by atoms with Gasteiger partial charge < -0.3 is 15.5 Å². The molecule has 4 nitrogen and oxygen atoms in total. The number of hydrogen-bond acceptors (Lipinski definition) is 3. The van der Waals surface area contributed by atoms with Crippen LogP contribution in [-0.4, -0.2) is 44.2 Å². The standard InChI is InChI=1S/C14H20F3N3O/c1-20(2)8-4-7-18-10-11-5-3-6-12(9-11)19-13(21)14(15,16)17/h3,5-6,9,18H,4,7-8,10H2,1-2H3,(H,19,21). The Morgan fingerprint density at radius 2 is 2.00 bits per heavy atom. The van der Waals surface area contributed by atoms with Crippen LogP contribution in [-0.2, 0) is 11.3 Å². The number of nitrogens with one attached hydrogen (secondary N) is 2. The fraction of sp³-hybridized carbons (Fsp3) is 0.500. The second kappa shape index (κ2) is 7.99. The molecule has 2 N–H and O–H groups in total. The molecule has 118 valence electrons. The topological polar surface area (TPSA) is 44.4 Å². The Hall–Kier alpha value is -1.60. The third-order valence-corrected chi connectivity index (χ3v) is 2.73. The van der Waals surface area contributed by atoms with Gasteiger partial charge in [-0.3, -0.25) is 4.79 Å². The molecule has 0 aliphatic carbocycles. The Morgan fingerprint density at radius 1 is 1.29 bits per heavy atom. The molecule has 1 rings (SSSR count). The number of anilines is 1. The quantitative estimate of drug-likeness (QED) is 0.759. The van der Waals surface area contributed by atoms with Crippen LogP contribution in [0.4, 0.5) is 18.9 Å². The van der Waals surface area contributed by atoms with Gasteiger partial charge in [0.25, 0.3) is 0 Å². The lowest BCUT2D eigenvalue weighted by atomic mass is 10.2. The molecule has 0 bridgehead atoms. The molecule has 0 saturated carbocycles. The minimum atomic E-state index is -4.87. The molecular formula is C14H20F3N3O. The minimum absolute atomic E-state index is 0.143. The first-order valence-electron chi connectivity index (χ1n) is 6.61. The van der Waals surface area contributed by atoms with E-state index in [0.29, 0.717) is 6.54 Å². The second-order valence-corrected chi connectivity index (χ2v) is 4.99. The summed E-state index contributed by atoms with van der Waals surface area (Å²) in [5.74, 6) is -1.96. The van der Waals surface area contributed by atoms with E-state index in [1.54, 1.807) is 12.1 Å². The molecule has 7 heteroatoms. The Kier molecular flexibility index (Phi) is 6.64. The molecule has 0 spiro atoms. The summed E-state index contributed by atoms with van der Waals surface area (Å²) in [6, 6.07) is 6.37. The van der Waals surface area contributed by atoms with E-state index >= 15 is 0 Å². The fourth-order valence-corrected chi connectivity index (χ4v) is 1.71. The summed E-state index contributed by atoms with van der Waals surface area (Å²) in [4.78, 5) is 12.9. The smallest absolute Gasteiger partial charge is 0.318 e. The van der Waals surface area contributed by atoms with Crippen LogP contribution in [0.5, 0.6) is 0 Å². The summed E-state index contributed by atoms with van der Waals surface area (Å²) in [6.45, 7) is 2.33. The molecular weight excluding hydrogens is 283 g/mol. The zero-order chi connectivity index (χ0) is 15.9. The molecule has 0 saturated heterocycles. The largest absolute Gasteiger partial charge is 0.471 e. The van der Waals surface area contributed by atoms with Crippen LogP contribution in [0.25, 0.3) is 0 Å². The third-order valence-electron chi connectivity index (χ3n) is 2.73. The summed E-state index contributed by atoms with van der Waals surface area (Å²) < 4.78 is 36.5. The van der Waals surface area contributed by atoms with Gasteiger partial charge in [-0.25, -0.2) is 0 Å². The summed E-state index contributed by atoms with van der Waals surface area (Å²) >= 11 is 0. The van der Waals surface area contributed by atoms with Gasteiger partial charge in [-0.15, -0.1) is 0 Å². The van der Waals surface area contributed by atoms with Gasteiger partial charge >= 0.3 is 12.1 Å². The summed E-state index contributed by atoms with van der Waals surface area (Å²) in [5, 5.41) is 5.05. The molecule has 0 heterocycles. The normalized spacial score (nSPS) is 11.7. The first-order valence-corrected chi connectivity index (χ1v) is 6.61. The van der Waals surface area contributed by atoms with Gasteiger partial charge in [-0.05, 0) is 51.3 Å². The lowest BCUT2D eigenvalue weighted by molar-refractivity contribution is -0.167. The number of alkyl halides is 3. The number of nitrogens with zero attached hydrogens (tertiary/aromatic N) is 1. The predicted octanol–water partition coefficient (Wildman–Crippen LogP) is 2.23. The SMILES string of the molecule is CN(C)CCCNCc1cccc(NC(=O)C(F)(F)F)c1. The number of carbonyl (C=O) groups excluding carboxylic acids is 1. The van der Waals surface area contributed by atoms with Crippen LogP contribution in [0.1, 0.15) is 12.0 Å². The first-order chi connectivity index (χ1) is 9.79. The Labute approximate surface area is 122 Å². The summed E-state index contributed by atoms with van der Waals surface area (Å²) in [5.41, 5.74) is 0.963. The predicted molar refractivity (Wildman–Crippen MR) is 76.0 cm³/mol. The van der Waals surface area contributed by atoms with Crippen molar-refractivity contribution < 1.29 is 18.0 Å².